The van der Waals surface area contributed by atoms with Crippen molar-refractivity contribution in [3.05, 3.63) is 51.8 Å². The van der Waals surface area contributed by atoms with E-state index in [0.29, 0.717) is 17.4 Å². The van der Waals surface area contributed by atoms with E-state index >= 15 is 0 Å². The van der Waals surface area contributed by atoms with Gasteiger partial charge in [0.25, 0.3) is 0 Å². The monoisotopic (exact) mass is 364 g/mol. The Bertz CT molecular complexity index is 861. The lowest BCUT2D eigenvalue weighted by atomic mass is 10.2. The summed E-state index contributed by atoms with van der Waals surface area (Å²) in [4.78, 5) is 10.2. The van der Waals surface area contributed by atoms with Gasteiger partial charge in [-0.3, -0.25) is 14.8 Å². The largest absolute Gasteiger partial charge is 0.307 e. The van der Waals surface area contributed by atoms with E-state index in [4.69, 9.17) is 11.6 Å². The highest BCUT2D eigenvalue weighted by atomic mass is 35.5. The maximum Gasteiger partial charge on any atom is 0.307 e. The molecule has 0 aliphatic carbocycles. The summed E-state index contributed by atoms with van der Waals surface area (Å²) >= 11 is 7.32. The van der Waals surface area contributed by atoms with Crippen LogP contribution in [0.3, 0.4) is 0 Å². The average molecular weight is 365 g/mol. The summed E-state index contributed by atoms with van der Waals surface area (Å²) in [5, 5.41) is 24.5. The molecule has 0 atom stereocenters. The number of hydrogen-bond donors (Lipinski definition) is 0. The maximum absolute atomic E-state index is 10.7. The minimum atomic E-state index is -0.471. The first-order chi connectivity index (χ1) is 11.6. The smallest absolute Gasteiger partial charge is 0.302 e. The van der Waals surface area contributed by atoms with Gasteiger partial charge in [0.15, 0.2) is 11.0 Å². The average Bonchev–Trinajstić information content (AvgIpc) is 3.20. The molecule has 3 rings (SSSR count). The van der Waals surface area contributed by atoms with Crippen molar-refractivity contribution in [3.63, 3.8) is 0 Å². The van der Waals surface area contributed by atoms with Crippen LogP contribution in [-0.4, -0.2) is 29.5 Å². The number of nitro groups is 1. The molecule has 10 heteroatoms. The molecule has 8 nitrogen and oxygen atoms in total. The highest BCUT2D eigenvalue weighted by Gasteiger charge is 2.14. The van der Waals surface area contributed by atoms with Gasteiger partial charge in [-0.1, -0.05) is 23.4 Å². The van der Waals surface area contributed by atoms with Crippen molar-refractivity contribution in [2.24, 2.45) is 0 Å². The summed E-state index contributed by atoms with van der Waals surface area (Å²) in [5.74, 6) is 1.16. The van der Waals surface area contributed by atoms with Crippen LogP contribution in [0.1, 0.15) is 6.92 Å². The van der Waals surface area contributed by atoms with Gasteiger partial charge in [-0.2, -0.15) is 5.10 Å². The van der Waals surface area contributed by atoms with Crippen molar-refractivity contribution >= 4 is 29.1 Å². The van der Waals surface area contributed by atoms with Crippen LogP contribution in [0.4, 0.5) is 5.69 Å². The second-order valence-corrected chi connectivity index (χ2v) is 6.17. The number of hydrogen-bond acceptors (Lipinski definition) is 6. The van der Waals surface area contributed by atoms with Gasteiger partial charge < -0.3 is 4.57 Å². The van der Waals surface area contributed by atoms with Crippen molar-refractivity contribution < 1.29 is 4.92 Å². The Morgan fingerprint density at radius 1 is 1.29 bits per heavy atom. The second kappa shape index (κ2) is 7.02. The molecule has 1 aromatic carbocycles. The second-order valence-electron chi connectivity index (χ2n) is 4.83. The molecular weight excluding hydrogens is 352 g/mol. The molecule has 0 spiro atoms. The third-order valence-corrected chi connectivity index (χ3v) is 4.50. The van der Waals surface area contributed by atoms with E-state index in [2.05, 4.69) is 15.3 Å². The lowest BCUT2D eigenvalue weighted by molar-refractivity contribution is -0.385. The molecule has 0 radical (unpaired) electrons. The first kappa shape index (κ1) is 16.5. The molecule has 2 aromatic heterocycles. The first-order valence-corrected chi connectivity index (χ1v) is 8.43. The van der Waals surface area contributed by atoms with Gasteiger partial charge in [-0.25, -0.2) is 0 Å². The van der Waals surface area contributed by atoms with Crippen LogP contribution >= 0.6 is 23.4 Å². The van der Waals surface area contributed by atoms with Gasteiger partial charge >= 0.3 is 5.69 Å². The molecule has 0 aliphatic heterocycles. The van der Waals surface area contributed by atoms with E-state index in [9.17, 15) is 10.1 Å². The minimum Gasteiger partial charge on any atom is -0.302 e. The van der Waals surface area contributed by atoms with Crippen molar-refractivity contribution in [3.8, 4) is 11.4 Å². The van der Waals surface area contributed by atoms with Gasteiger partial charge in [0.2, 0.25) is 0 Å². The molecule has 0 saturated carbocycles. The predicted molar refractivity (Wildman–Crippen MR) is 90.9 cm³/mol. The quantitative estimate of drug-likeness (QED) is 0.378. The van der Waals surface area contributed by atoms with Gasteiger partial charge in [0.1, 0.15) is 12.4 Å². The molecule has 0 unspecified atom stereocenters. The van der Waals surface area contributed by atoms with Crippen LogP contribution in [-0.2, 0) is 12.4 Å². The molecule has 2 heterocycles. The van der Waals surface area contributed by atoms with E-state index < -0.39 is 4.92 Å². The minimum absolute atomic E-state index is 0.0330. The summed E-state index contributed by atoms with van der Waals surface area (Å²) in [6, 6.07) is 7.40. The zero-order valence-electron chi connectivity index (χ0n) is 12.7. The van der Waals surface area contributed by atoms with Crippen molar-refractivity contribution in [1.82, 2.24) is 24.5 Å². The Kier molecular flexibility index (Phi) is 4.81. The van der Waals surface area contributed by atoms with Crippen LogP contribution in [0.2, 0.25) is 5.02 Å². The molecule has 0 amide bonds. The molecule has 0 bridgehead atoms. The molecule has 0 N–H and O–H groups in total. The van der Waals surface area contributed by atoms with Crippen molar-refractivity contribution in [2.75, 3.05) is 0 Å². The topological polar surface area (TPSA) is 91.7 Å². The zero-order chi connectivity index (χ0) is 17.1. The van der Waals surface area contributed by atoms with E-state index in [1.807, 2.05) is 23.6 Å². The highest BCUT2D eigenvalue weighted by molar-refractivity contribution is 7.98. The predicted octanol–water partition coefficient (Wildman–Crippen LogP) is 3.47. The summed E-state index contributed by atoms with van der Waals surface area (Å²) in [6.45, 7) is 2.71. The molecule has 24 heavy (non-hydrogen) atoms. The molecule has 0 saturated heterocycles. The summed E-state index contributed by atoms with van der Waals surface area (Å²) in [7, 11) is 0. The third kappa shape index (κ3) is 3.41. The van der Waals surface area contributed by atoms with Crippen molar-refractivity contribution in [2.45, 2.75) is 24.5 Å². The fourth-order valence-corrected chi connectivity index (χ4v) is 3.12. The van der Waals surface area contributed by atoms with E-state index in [0.717, 1.165) is 16.5 Å². The van der Waals surface area contributed by atoms with Crippen LogP contribution in [0.5, 0.6) is 0 Å². The van der Waals surface area contributed by atoms with Crippen molar-refractivity contribution in [1.29, 1.82) is 0 Å². The number of halogens is 1. The fourth-order valence-electron chi connectivity index (χ4n) is 2.13. The standard InChI is InChI=1S/C14H13ClN6O2S/c1-2-20-13(10-3-5-11(15)6-4-10)17-18-14(20)24-9-19-8-12(7-16-19)21(22)23/h3-8H,2,9H2,1H3. The Morgan fingerprint density at radius 2 is 2.04 bits per heavy atom. The first-order valence-electron chi connectivity index (χ1n) is 7.07. The van der Waals surface area contributed by atoms with Gasteiger partial charge in [0.05, 0.1) is 10.8 Å². The van der Waals surface area contributed by atoms with Crippen LogP contribution in [0, 0.1) is 10.1 Å². The molecule has 0 aliphatic rings. The number of benzene rings is 1. The molecule has 3 aromatic rings. The molecule has 124 valence electrons. The number of aromatic nitrogens is 5. The number of thioether (sulfide) groups is 1. The zero-order valence-corrected chi connectivity index (χ0v) is 14.2. The van der Waals surface area contributed by atoms with E-state index in [-0.39, 0.29) is 5.69 Å². The Labute approximate surface area is 146 Å². The summed E-state index contributed by atoms with van der Waals surface area (Å²) < 4.78 is 3.48. The Morgan fingerprint density at radius 3 is 2.67 bits per heavy atom. The number of rotatable bonds is 6. The van der Waals surface area contributed by atoms with Crippen LogP contribution in [0.15, 0.2) is 41.8 Å². The fraction of sp³-hybridized carbons (Fsp3) is 0.214. The normalized spacial score (nSPS) is 10.9. The van der Waals surface area contributed by atoms with Crippen LogP contribution < -0.4 is 0 Å². The summed E-state index contributed by atoms with van der Waals surface area (Å²) in [5.41, 5.74) is 0.893. The molecule has 0 fully saturated rings. The summed E-state index contributed by atoms with van der Waals surface area (Å²) in [6.07, 6.45) is 2.62. The van der Waals surface area contributed by atoms with E-state index in [1.165, 1.54) is 28.8 Å². The van der Waals surface area contributed by atoms with E-state index in [1.54, 1.807) is 12.1 Å². The SMILES string of the molecule is CCn1c(SCn2cc([N+](=O)[O-])cn2)nnc1-c1ccc(Cl)cc1. The third-order valence-electron chi connectivity index (χ3n) is 3.29. The highest BCUT2D eigenvalue weighted by Crippen LogP contribution is 2.26. The Hall–Kier alpha value is -2.39. The lowest BCUT2D eigenvalue weighted by Gasteiger charge is -2.07. The lowest BCUT2D eigenvalue weighted by Crippen LogP contribution is -2.01. The van der Waals surface area contributed by atoms with Gasteiger partial charge in [-0.15, -0.1) is 10.2 Å². The Balaban J connectivity index is 1.78. The maximum atomic E-state index is 10.7. The van der Waals surface area contributed by atoms with Crippen LogP contribution in [0.25, 0.3) is 11.4 Å². The number of nitrogens with zero attached hydrogens (tertiary/aromatic N) is 6. The van der Waals surface area contributed by atoms with Gasteiger partial charge in [-0.05, 0) is 31.2 Å². The molecular formula is C14H13ClN6O2S. The van der Waals surface area contributed by atoms with Gasteiger partial charge in [0, 0.05) is 17.1 Å².